The Balaban J connectivity index is 0.967. The van der Waals surface area contributed by atoms with E-state index in [1.807, 2.05) is 18.2 Å². The van der Waals surface area contributed by atoms with Crippen molar-refractivity contribution in [3.63, 3.8) is 0 Å². The molecule has 0 radical (unpaired) electrons. The van der Waals surface area contributed by atoms with Crippen molar-refractivity contribution < 1.29 is 38.6 Å². The van der Waals surface area contributed by atoms with E-state index in [0.717, 1.165) is 64.0 Å². The van der Waals surface area contributed by atoms with E-state index >= 15 is 0 Å². The number of aliphatic hydroxyl groups excluding tert-OH is 1. The zero-order chi connectivity index (χ0) is 46.4. The highest BCUT2D eigenvalue weighted by Gasteiger charge is 2.71. The Morgan fingerprint density at radius 1 is 0.828 bits per heavy atom. The Morgan fingerprint density at radius 2 is 1.59 bits per heavy atom. The number of amides is 3. The van der Waals surface area contributed by atoms with Crippen LogP contribution in [0.5, 0.6) is 0 Å². The van der Waals surface area contributed by atoms with Crippen LogP contribution in [0.1, 0.15) is 144 Å². The number of benzene rings is 1. The summed E-state index contributed by atoms with van der Waals surface area (Å²) in [6, 6.07) is 9.34. The Labute approximate surface area is 379 Å². The zero-order valence-corrected chi connectivity index (χ0v) is 39.4. The SMILES string of the molecule is C=C(C)[C@@H]1CC[C@]2(C(=O)NCCc3cccc(C(=O)NCc4ccc(C(=O)N[C@H](CC(=O)OC)C(=O)OC)cn4)c3)CC[C@]3(C)C(CCC4[C@@]5(C)CC[C@H](O)C(C)(C)C5CC[C@]43C)C12. The number of carbonyl (C=O) groups excluding carboxylic acids is 5. The van der Waals surface area contributed by atoms with Crippen LogP contribution in [-0.4, -0.2) is 72.7 Å². The lowest BCUT2D eigenvalue weighted by Crippen LogP contribution is -2.67. The molecule has 0 aliphatic heterocycles. The van der Waals surface area contributed by atoms with Crippen LogP contribution in [-0.2, 0) is 36.8 Å². The third kappa shape index (κ3) is 8.19. The average molecular weight is 881 g/mol. The van der Waals surface area contributed by atoms with Crippen LogP contribution in [0.25, 0.3) is 0 Å². The van der Waals surface area contributed by atoms with Crippen LogP contribution in [0.4, 0.5) is 0 Å². The van der Waals surface area contributed by atoms with Gasteiger partial charge in [0.25, 0.3) is 11.8 Å². The van der Waals surface area contributed by atoms with E-state index in [-0.39, 0.29) is 64.0 Å². The maximum absolute atomic E-state index is 14.7. The summed E-state index contributed by atoms with van der Waals surface area (Å²) >= 11 is 0. The van der Waals surface area contributed by atoms with Gasteiger partial charge < -0.3 is 30.5 Å². The molecule has 0 bridgehead atoms. The van der Waals surface area contributed by atoms with Gasteiger partial charge in [0.1, 0.15) is 6.04 Å². The van der Waals surface area contributed by atoms with E-state index < -0.39 is 29.3 Å². The minimum Gasteiger partial charge on any atom is -0.469 e. The van der Waals surface area contributed by atoms with E-state index in [1.165, 1.54) is 37.8 Å². The Hall–Kier alpha value is -4.58. The second-order valence-electron chi connectivity index (χ2n) is 21.5. The quantitative estimate of drug-likeness (QED) is 0.117. The predicted molar refractivity (Wildman–Crippen MR) is 243 cm³/mol. The molecule has 5 aliphatic carbocycles. The number of esters is 2. The fourth-order valence-electron chi connectivity index (χ4n) is 14.7. The topological polar surface area (TPSA) is 173 Å². The first kappa shape index (κ1) is 47.4. The molecule has 4 unspecified atom stereocenters. The fourth-order valence-corrected chi connectivity index (χ4v) is 14.7. The van der Waals surface area contributed by atoms with E-state index in [2.05, 4.69) is 73.8 Å². The molecule has 12 heteroatoms. The number of allylic oxidation sites excluding steroid dienone is 1. The van der Waals surface area contributed by atoms with Gasteiger partial charge in [0.05, 0.1) is 50.0 Å². The second kappa shape index (κ2) is 18.0. The van der Waals surface area contributed by atoms with Gasteiger partial charge in [-0.3, -0.25) is 24.2 Å². The van der Waals surface area contributed by atoms with Gasteiger partial charge in [-0.1, -0.05) is 58.9 Å². The molecule has 1 aromatic heterocycles. The Bertz CT molecular complexity index is 2140. The highest BCUT2D eigenvalue weighted by atomic mass is 16.5. The average Bonchev–Trinajstić information content (AvgIpc) is 3.68. The van der Waals surface area contributed by atoms with Crippen LogP contribution in [0.3, 0.4) is 0 Å². The Kier molecular flexibility index (Phi) is 13.3. The number of aromatic nitrogens is 1. The summed E-state index contributed by atoms with van der Waals surface area (Å²) in [6.07, 6.45) is 11.8. The molecule has 5 saturated carbocycles. The van der Waals surface area contributed by atoms with E-state index in [9.17, 15) is 29.1 Å². The van der Waals surface area contributed by atoms with Crippen molar-refractivity contribution in [3.8, 4) is 0 Å². The minimum atomic E-state index is -1.22. The lowest BCUT2D eigenvalue weighted by molar-refractivity contribution is -0.246. The van der Waals surface area contributed by atoms with Crippen LogP contribution in [0.15, 0.2) is 54.7 Å². The number of ether oxygens (including phenoxy) is 2. The summed E-state index contributed by atoms with van der Waals surface area (Å²) in [5, 5.41) is 19.9. The minimum absolute atomic E-state index is 0.0797. The first-order chi connectivity index (χ1) is 30.2. The van der Waals surface area contributed by atoms with Gasteiger partial charge in [-0.05, 0) is 159 Å². The molecule has 5 aliphatic rings. The van der Waals surface area contributed by atoms with Crippen molar-refractivity contribution >= 4 is 29.7 Å². The highest BCUT2D eigenvalue weighted by molar-refractivity contribution is 5.97. The third-order valence-electron chi connectivity index (χ3n) is 18.3. The fraction of sp³-hybridized carbons (Fsp3) is 0.654. The molecule has 3 amide bonds. The largest absolute Gasteiger partial charge is 0.469 e. The third-order valence-corrected chi connectivity index (χ3v) is 18.3. The molecule has 5 fully saturated rings. The molecule has 2 aromatic rings. The molecule has 0 saturated heterocycles. The monoisotopic (exact) mass is 881 g/mol. The van der Waals surface area contributed by atoms with Crippen molar-refractivity contribution in [1.82, 2.24) is 20.9 Å². The second-order valence-corrected chi connectivity index (χ2v) is 21.5. The van der Waals surface area contributed by atoms with E-state index in [4.69, 9.17) is 4.74 Å². The van der Waals surface area contributed by atoms with Gasteiger partial charge in [-0.15, -0.1) is 0 Å². The number of hydrogen-bond acceptors (Lipinski definition) is 9. The standard InChI is InChI=1S/C52H72N4O8/c1-31(2)36-17-23-52(25-24-50(6)37(43(36)52)15-16-40-49(5)21-19-41(57)48(3,4)39(49)18-22-51(40,50)7)47(62)53-26-20-32-11-10-12-33(27-32)44(59)55-30-35-14-13-34(29-54-35)45(60)56-38(46(61)64-9)28-42(58)63-8/h10-14,27,29,36-41,43,57H,1,15-26,28,30H2,2-9H3,(H,53,62)(H,55,59)(H,56,60)/t36-,37?,38+,39?,40?,41-,43?,49-,50+,51+,52-/m0/s1. The number of pyridine rings is 1. The van der Waals surface area contributed by atoms with Crippen molar-refractivity contribution in [3.05, 3.63) is 77.1 Å². The normalized spacial score (nSPS) is 34.0. The smallest absolute Gasteiger partial charge is 0.328 e. The molecular formula is C52H72N4O8. The summed E-state index contributed by atoms with van der Waals surface area (Å²) in [5.41, 5.74) is 3.34. The van der Waals surface area contributed by atoms with Crippen LogP contribution in [0.2, 0.25) is 0 Å². The molecule has 64 heavy (non-hydrogen) atoms. The summed E-state index contributed by atoms with van der Waals surface area (Å²) in [4.78, 5) is 68.9. The highest BCUT2D eigenvalue weighted by Crippen LogP contribution is 2.77. The number of fused-ring (bicyclic) bond motifs is 7. The molecule has 11 atom stereocenters. The van der Waals surface area contributed by atoms with Gasteiger partial charge in [-0.2, -0.15) is 0 Å². The first-order valence-electron chi connectivity index (χ1n) is 23.6. The summed E-state index contributed by atoms with van der Waals surface area (Å²) in [5.74, 6) is 0.00268. The van der Waals surface area contributed by atoms with Crippen molar-refractivity contribution in [1.29, 1.82) is 0 Å². The molecule has 4 N–H and O–H groups in total. The van der Waals surface area contributed by atoms with Gasteiger partial charge >= 0.3 is 11.9 Å². The van der Waals surface area contributed by atoms with Crippen LogP contribution < -0.4 is 16.0 Å². The Morgan fingerprint density at radius 3 is 2.28 bits per heavy atom. The molecule has 0 spiro atoms. The molecule has 12 nitrogen and oxygen atoms in total. The lowest BCUT2D eigenvalue weighted by atomic mass is 9.32. The molecule has 348 valence electrons. The molecular weight excluding hydrogens is 809 g/mol. The lowest BCUT2D eigenvalue weighted by Gasteiger charge is -2.72. The molecule has 7 rings (SSSR count). The summed E-state index contributed by atoms with van der Waals surface area (Å²) < 4.78 is 9.31. The van der Waals surface area contributed by atoms with Crippen molar-refractivity contribution in [2.24, 2.45) is 56.7 Å². The van der Waals surface area contributed by atoms with E-state index in [1.54, 1.807) is 12.1 Å². The maximum atomic E-state index is 14.7. The van der Waals surface area contributed by atoms with E-state index in [0.29, 0.717) is 47.9 Å². The number of nitrogens with one attached hydrogen (secondary N) is 3. The van der Waals surface area contributed by atoms with Gasteiger partial charge in [0, 0.05) is 18.3 Å². The van der Waals surface area contributed by atoms with Crippen LogP contribution >= 0.6 is 0 Å². The molecule has 1 aromatic carbocycles. The predicted octanol–water partition coefficient (Wildman–Crippen LogP) is 7.52. The zero-order valence-electron chi connectivity index (χ0n) is 39.4. The van der Waals surface area contributed by atoms with Crippen molar-refractivity contribution in [2.75, 3.05) is 20.8 Å². The number of hydrogen-bond donors (Lipinski definition) is 4. The summed E-state index contributed by atoms with van der Waals surface area (Å²) in [6.45, 7) is 19.7. The van der Waals surface area contributed by atoms with Crippen molar-refractivity contribution in [2.45, 2.75) is 137 Å². The molecule has 1 heterocycles. The maximum Gasteiger partial charge on any atom is 0.328 e. The number of methoxy groups -OCH3 is 2. The first-order valence-corrected chi connectivity index (χ1v) is 23.6. The van der Waals surface area contributed by atoms with Crippen LogP contribution in [0, 0.1) is 56.7 Å². The van der Waals surface area contributed by atoms with Gasteiger partial charge in [0.2, 0.25) is 5.91 Å². The number of rotatable bonds is 13. The summed E-state index contributed by atoms with van der Waals surface area (Å²) in [7, 11) is 2.35. The van der Waals surface area contributed by atoms with Gasteiger partial charge in [0.15, 0.2) is 0 Å². The number of nitrogens with zero attached hydrogens (tertiary/aromatic N) is 1. The van der Waals surface area contributed by atoms with Gasteiger partial charge in [-0.25, -0.2) is 4.79 Å². The number of carbonyl (C=O) groups is 5. The number of aliphatic hydroxyl groups is 1.